The Labute approximate surface area is 118 Å². The quantitative estimate of drug-likeness (QED) is 0.905. The van der Waals surface area contributed by atoms with Crippen LogP contribution in [-0.2, 0) is 5.60 Å². The fraction of sp³-hybridized carbons (Fsp3) is 0.294. The smallest absolute Gasteiger partial charge is 0.129 e. The topological polar surface area (TPSA) is 23.5 Å². The van der Waals surface area contributed by atoms with Crippen molar-refractivity contribution in [2.75, 3.05) is 18.0 Å². The first kappa shape index (κ1) is 13.1. The molecule has 0 aromatic heterocycles. The molecule has 0 bridgehead atoms. The lowest BCUT2D eigenvalue weighted by Gasteiger charge is -2.39. The molecule has 20 heavy (non-hydrogen) atoms. The molecule has 0 radical (unpaired) electrons. The minimum absolute atomic E-state index is 0.317. The Balaban J connectivity index is 1.77. The van der Waals surface area contributed by atoms with E-state index in [-0.39, 0.29) is 5.82 Å². The molecule has 0 spiro atoms. The highest BCUT2D eigenvalue weighted by Crippen LogP contribution is 2.35. The number of para-hydroxylation sites is 1. The van der Waals surface area contributed by atoms with Crippen molar-refractivity contribution >= 4 is 5.69 Å². The van der Waals surface area contributed by atoms with Gasteiger partial charge in [0.25, 0.3) is 0 Å². The Bertz CT molecular complexity index is 577. The number of piperidine rings is 1. The lowest BCUT2D eigenvalue weighted by Crippen LogP contribution is -2.43. The third-order valence-corrected chi connectivity index (χ3v) is 4.09. The second-order valence-electron chi connectivity index (χ2n) is 5.33. The molecule has 2 aromatic carbocycles. The maximum atomic E-state index is 13.9. The van der Waals surface area contributed by atoms with Crippen LogP contribution in [0.5, 0.6) is 0 Å². The SMILES string of the molecule is OC1(c2ccccc2F)CCN(c2ccccc2)CC1. The fourth-order valence-corrected chi connectivity index (χ4v) is 2.88. The number of aliphatic hydroxyl groups is 1. The van der Waals surface area contributed by atoms with E-state index < -0.39 is 5.60 Å². The van der Waals surface area contributed by atoms with E-state index >= 15 is 0 Å². The summed E-state index contributed by atoms with van der Waals surface area (Å²) in [5.41, 5.74) is 0.534. The number of halogens is 1. The predicted molar refractivity (Wildman–Crippen MR) is 78.2 cm³/mol. The minimum Gasteiger partial charge on any atom is -0.385 e. The van der Waals surface area contributed by atoms with E-state index in [0.29, 0.717) is 18.4 Å². The van der Waals surface area contributed by atoms with Crippen molar-refractivity contribution in [2.24, 2.45) is 0 Å². The zero-order valence-corrected chi connectivity index (χ0v) is 11.3. The van der Waals surface area contributed by atoms with Gasteiger partial charge in [-0.2, -0.15) is 0 Å². The summed E-state index contributed by atoms with van der Waals surface area (Å²) >= 11 is 0. The predicted octanol–water partition coefficient (Wildman–Crippen LogP) is 3.31. The third-order valence-electron chi connectivity index (χ3n) is 4.09. The van der Waals surface area contributed by atoms with Gasteiger partial charge in [0.1, 0.15) is 5.82 Å². The van der Waals surface area contributed by atoms with E-state index in [9.17, 15) is 9.50 Å². The first-order chi connectivity index (χ1) is 9.69. The Kier molecular flexibility index (Phi) is 3.45. The maximum Gasteiger partial charge on any atom is 0.129 e. The van der Waals surface area contributed by atoms with Crippen LogP contribution in [0.4, 0.5) is 10.1 Å². The van der Waals surface area contributed by atoms with Gasteiger partial charge in [-0.15, -0.1) is 0 Å². The first-order valence-electron chi connectivity index (χ1n) is 6.96. The van der Waals surface area contributed by atoms with E-state index in [1.54, 1.807) is 18.2 Å². The van der Waals surface area contributed by atoms with Crippen molar-refractivity contribution in [3.8, 4) is 0 Å². The summed E-state index contributed by atoms with van der Waals surface area (Å²) in [5, 5.41) is 10.7. The molecule has 0 amide bonds. The van der Waals surface area contributed by atoms with Crippen molar-refractivity contribution in [3.63, 3.8) is 0 Å². The summed E-state index contributed by atoms with van der Waals surface area (Å²) in [6.07, 6.45) is 1.09. The molecule has 3 rings (SSSR count). The normalized spacial score (nSPS) is 18.0. The highest BCUT2D eigenvalue weighted by molar-refractivity contribution is 5.46. The Hall–Kier alpha value is -1.87. The van der Waals surface area contributed by atoms with Crippen LogP contribution in [0.25, 0.3) is 0 Å². The number of hydrogen-bond donors (Lipinski definition) is 1. The van der Waals surface area contributed by atoms with Crippen molar-refractivity contribution in [1.29, 1.82) is 0 Å². The second-order valence-corrected chi connectivity index (χ2v) is 5.33. The molecule has 0 aliphatic carbocycles. The molecular formula is C17H18FNO. The lowest BCUT2D eigenvalue weighted by atomic mass is 9.84. The summed E-state index contributed by atoms with van der Waals surface area (Å²) in [5.74, 6) is -0.317. The molecule has 0 atom stereocenters. The zero-order valence-electron chi connectivity index (χ0n) is 11.3. The molecular weight excluding hydrogens is 253 g/mol. The molecule has 1 saturated heterocycles. The number of hydrogen-bond acceptors (Lipinski definition) is 2. The molecule has 104 valence electrons. The Morgan fingerprint density at radius 3 is 2.15 bits per heavy atom. The van der Waals surface area contributed by atoms with Gasteiger partial charge in [-0.3, -0.25) is 0 Å². The number of benzene rings is 2. The largest absolute Gasteiger partial charge is 0.385 e. The van der Waals surface area contributed by atoms with Gasteiger partial charge in [-0.1, -0.05) is 36.4 Å². The molecule has 1 aliphatic rings. The summed E-state index contributed by atoms with van der Waals surface area (Å²) in [7, 11) is 0. The molecule has 1 fully saturated rings. The average molecular weight is 271 g/mol. The minimum atomic E-state index is -1.05. The van der Waals surface area contributed by atoms with Gasteiger partial charge in [-0.25, -0.2) is 4.39 Å². The second kappa shape index (κ2) is 5.25. The van der Waals surface area contributed by atoms with Crippen LogP contribution >= 0.6 is 0 Å². The molecule has 2 nitrogen and oxygen atoms in total. The Morgan fingerprint density at radius 2 is 1.50 bits per heavy atom. The third kappa shape index (κ3) is 2.41. The monoisotopic (exact) mass is 271 g/mol. The van der Waals surface area contributed by atoms with Crippen LogP contribution in [-0.4, -0.2) is 18.2 Å². The van der Waals surface area contributed by atoms with Gasteiger partial charge in [0.15, 0.2) is 0 Å². The molecule has 0 unspecified atom stereocenters. The van der Waals surface area contributed by atoms with Gasteiger partial charge >= 0.3 is 0 Å². The van der Waals surface area contributed by atoms with Gasteiger partial charge < -0.3 is 10.0 Å². The highest BCUT2D eigenvalue weighted by atomic mass is 19.1. The standard InChI is InChI=1S/C17H18FNO/c18-16-9-5-4-8-15(16)17(20)10-12-19(13-11-17)14-6-2-1-3-7-14/h1-9,20H,10-13H2. The number of anilines is 1. The van der Waals surface area contributed by atoms with Crippen LogP contribution < -0.4 is 4.90 Å². The average Bonchev–Trinajstić information content (AvgIpc) is 2.49. The fourth-order valence-electron chi connectivity index (χ4n) is 2.88. The van der Waals surface area contributed by atoms with Crippen molar-refractivity contribution in [1.82, 2.24) is 0 Å². The highest BCUT2D eigenvalue weighted by Gasteiger charge is 2.35. The maximum absolute atomic E-state index is 13.9. The summed E-state index contributed by atoms with van der Waals surface area (Å²) in [6, 6.07) is 16.7. The molecule has 0 saturated carbocycles. The van der Waals surface area contributed by atoms with Gasteiger partial charge in [0.05, 0.1) is 5.60 Å². The summed E-state index contributed by atoms with van der Waals surface area (Å²) in [4.78, 5) is 2.23. The number of nitrogens with zero attached hydrogens (tertiary/aromatic N) is 1. The molecule has 1 heterocycles. The van der Waals surface area contributed by atoms with Crippen LogP contribution in [0.3, 0.4) is 0 Å². The lowest BCUT2D eigenvalue weighted by molar-refractivity contribution is 0.00850. The molecule has 2 aromatic rings. The van der Waals surface area contributed by atoms with Crippen molar-refractivity contribution in [2.45, 2.75) is 18.4 Å². The number of rotatable bonds is 2. The van der Waals surface area contributed by atoms with Crippen LogP contribution in [0, 0.1) is 5.82 Å². The van der Waals surface area contributed by atoms with Crippen LogP contribution in [0.1, 0.15) is 18.4 Å². The van der Waals surface area contributed by atoms with Crippen LogP contribution in [0.15, 0.2) is 54.6 Å². The Morgan fingerprint density at radius 1 is 0.900 bits per heavy atom. The van der Waals surface area contributed by atoms with E-state index in [1.807, 2.05) is 18.2 Å². The van der Waals surface area contributed by atoms with Crippen molar-refractivity contribution < 1.29 is 9.50 Å². The van der Waals surface area contributed by atoms with Crippen molar-refractivity contribution in [3.05, 3.63) is 66.0 Å². The molecule has 3 heteroatoms. The van der Waals surface area contributed by atoms with Gasteiger partial charge in [0.2, 0.25) is 0 Å². The summed E-state index contributed by atoms with van der Waals surface area (Å²) in [6.45, 7) is 1.46. The van der Waals surface area contributed by atoms with E-state index in [4.69, 9.17) is 0 Å². The molecule has 1 N–H and O–H groups in total. The summed E-state index contributed by atoms with van der Waals surface area (Å²) < 4.78 is 13.9. The first-order valence-corrected chi connectivity index (χ1v) is 6.96. The molecule has 1 aliphatic heterocycles. The van der Waals surface area contributed by atoms with E-state index in [0.717, 1.165) is 18.8 Å². The zero-order chi connectivity index (χ0) is 14.0. The van der Waals surface area contributed by atoms with Gasteiger partial charge in [-0.05, 0) is 31.0 Å². The van der Waals surface area contributed by atoms with E-state index in [1.165, 1.54) is 6.07 Å². The van der Waals surface area contributed by atoms with Crippen LogP contribution in [0.2, 0.25) is 0 Å². The van der Waals surface area contributed by atoms with E-state index in [2.05, 4.69) is 17.0 Å². The van der Waals surface area contributed by atoms with Gasteiger partial charge in [0, 0.05) is 24.3 Å².